The minimum atomic E-state index is -1.89. The van der Waals surface area contributed by atoms with Crippen LogP contribution < -0.4 is 5.73 Å². The number of rotatable bonds is 5. The molecule has 10 heteroatoms. The molecule has 0 bridgehead atoms. The van der Waals surface area contributed by atoms with Gasteiger partial charge in [-0.05, 0) is 18.1 Å². The molecule has 0 radical (unpaired) electrons. The zero-order valence-corrected chi connectivity index (χ0v) is 14.9. The number of carbonyl (C=O) groups excluding carboxylic acids is 1. The van der Waals surface area contributed by atoms with Crippen LogP contribution in [0.25, 0.3) is 5.52 Å². The Bertz CT molecular complexity index is 891. The number of aliphatic hydroxyl groups excluding tert-OH is 2. The van der Waals surface area contributed by atoms with Crippen molar-refractivity contribution >= 4 is 17.3 Å². The molecule has 1 fully saturated rings. The number of nitrogen functional groups attached to an aromatic ring is 1. The molecule has 27 heavy (non-hydrogen) atoms. The Morgan fingerprint density at radius 3 is 2.93 bits per heavy atom. The lowest BCUT2D eigenvalue weighted by Crippen LogP contribution is -2.46. The SMILES string of the molecule is CC(C)CC(=O)OC[C@@]1(C#N)OC(c2ccc3c(N)ncnn23)[C@H](O)[C@@H]1O. The van der Waals surface area contributed by atoms with Gasteiger partial charge in [-0.2, -0.15) is 10.4 Å². The van der Waals surface area contributed by atoms with Crippen LogP contribution in [0.5, 0.6) is 0 Å². The fourth-order valence-corrected chi connectivity index (χ4v) is 3.06. The Morgan fingerprint density at radius 1 is 1.52 bits per heavy atom. The summed E-state index contributed by atoms with van der Waals surface area (Å²) >= 11 is 0. The van der Waals surface area contributed by atoms with Gasteiger partial charge in [0.1, 0.15) is 42.8 Å². The quantitative estimate of drug-likeness (QED) is 0.610. The molecule has 10 nitrogen and oxygen atoms in total. The van der Waals surface area contributed by atoms with Gasteiger partial charge < -0.3 is 25.4 Å². The molecular formula is C17H21N5O5. The number of fused-ring (bicyclic) bond motifs is 1. The molecule has 0 amide bonds. The van der Waals surface area contributed by atoms with Crippen LogP contribution in [0.1, 0.15) is 32.1 Å². The minimum absolute atomic E-state index is 0.0838. The maximum atomic E-state index is 11.8. The summed E-state index contributed by atoms with van der Waals surface area (Å²) in [6.07, 6.45) is -2.66. The highest BCUT2D eigenvalue weighted by molar-refractivity contribution is 5.69. The van der Waals surface area contributed by atoms with E-state index in [1.165, 1.54) is 10.8 Å². The standard InChI is InChI=1S/C17H21N5O5/c1-9(2)5-12(23)26-7-17(6-18)15(25)13(24)14(27-17)10-3-4-11-16(19)20-8-21-22(10)11/h3-4,8-9,13-15,24-25H,5,7H2,1-2H3,(H2,19,20,21)/t13-,14?,15-,17+/m0/s1. The zero-order valence-electron chi connectivity index (χ0n) is 14.9. The van der Waals surface area contributed by atoms with Gasteiger partial charge in [0, 0.05) is 6.42 Å². The van der Waals surface area contributed by atoms with Gasteiger partial charge in [-0.1, -0.05) is 13.8 Å². The third-order valence-corrected chi connectivity index (χ3v) is 4.46. The Balaban J connectivity index is 1.86. The topological polar surface area (TPSA) is 156 Å². The Morgan fingerprint density at radius 2 is 2.26 bits per heavy atom. The lowest BCUT2D eigenvalue weighted by Gasteiger charge is -2.24. The fraction of sp³-hybridized carbons (Fsp3) is 0.529. The molecule has 0 spiro atoms. The summed E-state index contributed by atoms with van der Waals surface area (Å²) in [5.74, 6) is -0.194. The van der Waals surface area contributed by atoms with Crippen molar-refractivity contribution in [3.63, 3.8) is 0 Å². The first-order chi connectivity index (χ1) is 12.8. The van der Waals surface area contributed by atoms with E-state index in [2.05, 4.69) is 10.1 Å². The summed E-state index contributed by atoms with van der Waals surface area (Å²) in [5.41, 5.74) is 4.79. The van der Waals surface area contributed by atoms with E-state index in [1.54, 1.807) is 12.1 Å². The third-order valence-electron chi connectivity index (χ3n) is 4.46. The number of aromatic nitrogens is 3. The highest BCUT2D eigenvalue weighted by Gasteiger charge is 2.57. The molecule has 3 heterocycles. The summed E-state index contributed by atoms with van der Waals surface area (Å²) in [6.45, 7) is 3.21. The van der Waals surface area contributed by atoms with Gasteiger partial charge in [0.05, 0.1) is 5.69 Å². The maximum absolute atomic E-state index is 11.8. The van der Waals surface area contributed by atoms with Crippen LogP contribution in [0.15, 0.2) is 18.5 Å². The molecule has 1 unspecified atom stereocenters. The summed E-state index contributed by atoms with van der Waals surface area (Å²) < 4.78 is 12.2. The van der Waals surface area contributed by atoms with Crippen LogP contribution in [-0.2, 0) is 14.3 Å². The van der Waals surface area contributed by atoms with E-state index in [1.807, 2.05) is 19.9 Å². The molecule has 2 aromatic rings. The van der Waals surface area contributed by atoms with Crippen LogP contribution >= 0.6 is 0 Å². The van der Waals surface area contributed by atoms with E-state index in [4.69, 9.17) is 15.2 Å². The average Bonchev–Trinajstić information content (AvgIpc) is 3.15. The normalized spacial score (nSPS) is 27.8. The van der Waals surface area contributed by atoms with E-state index < -0.39 is 36.5 Å². The lowest BCUT2D eigenvalue weighted by atomic mass is 9.96. The largest absolute Gasteiger partial charge is 0.461 e. The number of nitriles is 1. The number of anilines is 1. The molecule has 144 valence electrons. The number of hydrogen-bond acceptors (Lipinski definition) is 9. The van der Waals surface area contributed by atoms with E-state index in [0.29, 0.717) is 11.2 Å². The molecule has 2 aromatic heterocycles. The first-order valence-corrected chi connectivity index (χ1v) is 8.48. The second-order valence-corrected chi connectivity index (χ2v) is 6.93. The van der Waals surface area contributed by atoms with Crippen molar-refractivity contribution in [3.8, 4) is 6.07 Å². The van der Waals surface area contributed by atoms with Crippen molar-refractivity contribution in [1.29, 1.82) is 5.26 Å². The molecule has 1 aliphatic heterocycles. The van der Waals surface area contributed by atoms with Crippen molar-refractivity contribution in [2.45, 2.75) is 44.2 Å². The average molecular weight is 375 g/mol. The van der Waals surface area contributed by atoms with Crippen molar-refractivity contribution in [1.82, 2.24) is 14.6 Å². The minimum Gasteiger partial charge on any atom is -0.461 e. The molecule has 1 aliphatic rings. The van der Waals surface area contributed by atoms with Crippen molar-refractivity contribution in [2.75, 3.05) is 12.3 Å². The second-order valence-electron chi connectivity index (χ2n) is 6.93. The van der Waals surface area contributed by atoms with Gasteiger partial charge in [-0.15, -0.1) is 0 Å². The predicted molar refractivity (Wildman–Crippen MR) is 92.0 cm³/mol. The number of ether oxygens (including phenoxy) is 2. The Hall–Kier alpha value is -2.74. The molecule has 4 N–H and O–H groups in total. The van der Waals surface area contributed by atoms with Gasteiger partial charge >= 0.3 is 5.97 Å². The molecule has 1 saturated heterocycles. The highest BCUT2D eigenvalue weighted by Crippen LogP contribution is 2.40. The Kier molecular flexibility index (Phi) is 5.01. The number of aliphatic hydroxyl groups is 2. The summed E-state index contributed by atoms with van der Waals surface area (Å²) in [6, 6.07) is 5.09. The molecule has 3 rings (SSSR count). The zero-order chi connectivity index (χ0) is 19.8. The van der Waals surface area contributed by atoms with Gasteiger partial charge in [0.25, 0.3) is 0 Å². The van der Waals surface area contributed by atoms with Crippen LogP contribution in [0, 0.1) is 17.2 Å². The van der Waals surface area contributed by atoms with Crippen LogP contribution in [0.2, 0.25) is 0 Å². The first kappa shape index (κ1) is 19.0. The van der Waals surface area contributed by atoms with E-state index in [9.17, 15) is 20.3 Å². The number of nitrogens with two attached hydrogens (primary N) is 1. The summed E-state index contributed by atoms with van der Waals surface area (Å²) in [4.78, 5) is 15.7. The molecular weight excluding hydrogens is 354 g/mol. The first-order valence-electron chi connectivity index (χ1n) is 8.48. The number of hydrogen-bond donors (Lipinski definition) is 3. The van der Waals surface area contributed by atoms with Gasteiger partial charge in [-0.25, -0.2) is 9.50 Å². The van der Waals surface area contributed by atoms with Crippen LogP contribution in [-0.4, -0.2) is 55.2 Å². The van der Waals surface area contributed by atoms with Gasteiger partial charge in [0.15, 0.2) is 5.82 Å². The van der Waals surface area contributed by atoms with E-state index >= 15 is 0 Å². The van der Waals surface area contributed by atoms with E-state index in [0.717, 1.165) is 0 Å². The van der Waals surface area contributed by atoms with Gasteiger partial charge in [0.2, 0.25) is 5.60 Å². The van der Waals surface area contributed by atoms with Crippen LogP contribution in [0.3, 0.4) is 0 Å². The maximum Gasteiger partial charge on any atom is 0.306 e. The highest BCUT2D eigenvalue weighted by atomic mass is 16.6. The summed E-state index contributed by atoms with van der Waals surface area (Å²) in [5, 5.41) is 34.6. The second kappa shape index (κ2) is 7.11. The molecule has 4 atom stereocenters. The number of nitrogens with zero attached hydrogens (tertiary/aromatic N) is 4. The van der Waals surface area contributed by atoms with Gasteiger partial charge in [-0.3, -0.25) is 4.79 Å². The molecule has 0 aromatic carbocycles. The van der Waals surface area contributed by atoms with Crippen molar-refractivity contribution in [2.24, 2.45) is 5.92 Å². The third kappa shape index (κ3) is 3.32. The summed E-state index contributed by atoms with van der Waals surface area (Å²) in [7, 11) is 0. The fourth-order valence-electron chi connectivity index (χ4n) is 3.06. The number of carbonyl (C=O) groups is 1. The number of esters is 1. The van der Waals surface area contributed by atoms with Crippen LogP contribution in [0.4, 0.5) is 5.82 Å². The van der Waals surface area contributed by atoms with Crippen molar-refractivity contribution in [3.05, 3.63) is 24.2 Å². The van der Waals surface area contributed by atoms with Crippen molar-refractivity contribution < 1.29 is 24.5 Å². The molecule has 0 aliphatic carbocycles. The smallest absolute Gasteiger partial charge is 0.306 e. The Labute approximate surface area is 155 Å². The lowest BCUT2D eigenvalue weighted by molar-refractivity contribution is -0.155. The predicted octanol–water partition coefficient (Wildman–Crippen LogP) is -0.0437. The van der Waals surface area contributed by atoms with E-state index in [-0.39, 0.29) is 18.2 Å². The molecule has 0 saturated carbocycles. The monoisotopic (exact) mass is 375 g/mol.